The van der Waals surface area contributed by atoms with Crippen LogP contribution in [-0.2, 0) is 4.74 Å². The molecule has 7 nitrogen and oxygen atoms in total. The van der Waals surface area contributed by atoms with Gasteiger partial charge >= 0.3 is 6.03 Å². The van der Waals surface area contributed by atoms with Gasteiger partial charge in [-0.15, -0.1) is 0 Å². The fourth-order valence-electron chi connectivity index (χ4n) is 4.13. The topological polar surface area (TPSA) is 82.7 Å². The molecule has 2 aliphatic rings. The summed E-state index contributed by atoms with van der Waals surface area (Å²) in [4.78, 5) is 27.7. The Morgan fingerprint density at radius 2 is 1.71 bits per heavy atom. The summed E-state index contributed by atoms with van der Waals surface area (Å²) in [5.41, 5.74) is 2.78. The van der Waals surface area contributed by atoms with Crippen molar-refractivity contribution in [2.45, 2.75) is 38.2 Å². The molecule has 0 aliphatic carbocycles. The summed E-state index contributed by atoms with van der Waals surface area (Å²) in [6.07, 6.45) is 5.56. The molecule has 0 radical (unpaired) electrons. The number of carbonyl (C=O) groups is 2. The van der Waals surface area contributed by atoms with Gasteiger partial charge in [0.2, 0.25) is 0 Å². The fraction of sp³-hybridized carbons (Fsp3) is 0.417. The maximum absolute atomic E-state index is 13.1. The van der Waals surface area contributed by atoms with E-state index in [1.807, 2.05) is 42.5 Å². The summed E-state index contributed by atoms with van der Waals surface area (Å²) in [6, 6.07) is 14.5. The molecule has 164 valence electrons. The maximum atomic E-state index is 13.1. The molecular formula is C24H30N4O3. The van der Waals surface area contributed by atoms with Gasteiger partial charge in [0, 0.05) is 43.3 Å². The van der Waals surface area contributed by atoms with Crippen LogP contribution in [0.1, 0.15) is 42.5 Å². The first kappa shape index (κ1) is 21.2. The van der Waals surface area contributed by atoms with Crippen LogP contribution in [0.3, 0.4) is 0 Å². The van der Waals surface area contributed by atoms with Crippen molar-refractivity contribution in [3.05, 3.63) is 54.1 Å². The van der Waals surface area contributed by atoms with E-state index < -0.39 is 0 Å². The van der Waals surface area contributed by atoms with Crippen molar-refractivity contribution in [1.29, 1.82) is 0 Å². The predicted octanol–water partition coefficient (Wildman–Crippen LogP) is 4.23. The summed E-state index contributed by atoms with van der Waals surface area (Å²) in [6.45, 7) is 3.14. The lowest BCUT2D eigenvalue weighted by molar-refractivity contribution is 0.0858. The predicted molar refractivity (Wildman–Crippen MR) is 123 cm³/mol. The molecule has 1 atom stereocenters. The van der Waals surface area contributed by atoms with Crippen LogP contribution in [0.2, 0.25) is 0 Å². The number of anilines is 3. The number of nitrogens with one attached hydrogen (secondary N) is 3. The molecule has 2 aliphatic heterocycles. The van der Waals surface area contributed by atoms with Gasteiger partial charge in [0.25, 0.3) is 5.91 Å². The average molecular weight is 423 g/mol. The molecule has 2 aromatic rings. The fourth-order valence-corrected chi connectivity index (χ4v) is 4.13. The molecule has 2 saturated heterocycles. The number of para-hydroxylation sites is 1. The highest BCUT2D eigenvalue weighted by Crippen LogP contribution is 2.27. The Morgan fingerprint density at radius 1 is 0.935 bits per heavy atom. The minimum atomic E-state index is -0.345. The molecule has 0 bridgehead atoms. The molecule has 2 aromatic carbocycles. The third-order valence-corrected chi connectivity index (χ3v) is 5.74. The molecule has 2 heterocycles. The van der Waals surface area contributed by atoms with Gasteiger partial charge < -0.3 is 25.6 Å². The number of rotatable bonds is 6. The third kappa shape index (κ3) is 5.76. The van der Waals surface area contributed by atoms with E-state index >= 15 is 0 Å². The summed E-state index contributed by atoms with van der Waals surface area (Å²) in [7, 11) is 0. The molecule has 0 aromatic heterocycles. The average Bonchev–Trinajstić information content (AvgIpc) is 3.32. The van der Waals surface area contributed by atoms with Crippen molar-refractivity contribution in [1.82, 2.24) is 5.32 Å². The number of benzene rings is 2. The minimum absolute atomic E-state index is 0.0837. The number of amides is 3. The number of urea groups is 1. The van der Waals surface area contributed by atoms with Gasteiger partial charge in [-0.3, -0.25) is 4.79 Å². The van der Waals surface area contributed by atoms with Crippen LogP contribution < -0.4 is 20.9 Å². The number of ether oxygens (including phenoxy) is 1. The number of piperidine rings is 1. The van der Waals surface area contributed by atoms with E-state index in [1.54, 1.807) is 6.07 Å². The Kier molecular flexibility index (Phi) is 7.04. The van der Waals surface area contributed by atoms with E-state index in [0.717, 1.165) is 51.1 Å². The smallest absolute Gasteiger partial charge is 0.323 e. The Hall–Kier alpha value is -3.06. The second-order valence-electron chi connectivity index (χ2n) is 8.07. The van der Waals surface area contributed by atoms with Crippen LogP contribution in [0.15, 0.2) is 48.5 Å². The van der Waals surface area contributed by atoms with Crippen LogP contribution in [0.5, 0.6) is 0 Å². The lowest BCUT2D eigenvalue weighted by Gasteiger charge is -2.30. The number of hydrogen-bond donors (Lipinski definition) is 3. The first-order valence-corrected chi connectivity index (χ1v) is 11.1. The SMILES string of the molecule is O=C(Nc1ccccc1)Nc1ccc(N2CCCCC2)c(C(=O)NC[C@@H]2CCCO2)c1. The molecule has 2 fully saturated rings. The van der Waals surface area contributed by atoms with Gasteiger partial charge in [-0.1, -0.05) is 18.2 Å². The third-order valence-electron chi connectivity index (χ3n) is 5.74. The summed E-state index contributed by atoms with van der Waals surface area (Å²) < 4.78 is 5.63. The Bertz CT molecular complexity index is 891. The summed E-state index contributed by atoms with van der Waals surface area (Å²) in [5.74, 6) is -0.136. The van der Waals surface area contributed by atoms with Gasteiger partial charge in [0.1, 0.15) is 0 Å². The van der Waals surface area contributed by atoms with Crippen molar-refractivity contribution in [3.63, 3.8) is 0 Å². The highest BCUT2D eigenvalue weighted by Gasteiger charge is 2.22. The van der Waals surface area contributed by atoms with Gasteiger partial charge in [-0.25, -0.2) is 4.79 Å². The summed E-state index contributed by atoms with van der Waals surface area (Å²) in [5, 5.41) is 8.66. The number of hydrogen-bond acceptors (Lipinski definition) is 4. The van der Waals surface area contributed by atoms with Crippen molar-refractivity contribution in [2.75, 3.05) is 41.8 Å². The largest absolute Gasteiger partial charge is 0.376 e. The monoisotopic (exact) mass is 422 g/mol. The molecule has 0 spiro atoms. The highest BCUT2D eigenvalue weighted by atomic mass is 16.5. The van der Waals surface area contributed by atoms with Gasteiger partial charge in [-0.05, 0) is 62.4 Å². The van der Waals surface area contributed by atoms with Gasteiger partial charge in [-0.2, -0.15) is 0 Å². The normalized spacial score (nSPS) is 18.5. The van der Waals surface area contributed by atoms with Crippen molar-refractivity contribution >= 4 is 29.0 Å². The van der Waals surface area contributed by atoms with E-state index in [4.69, 9.17) is 4.74 Å². The van der Waals surface area contributed by atoms with Crippen LogP contribution in [0, 0.1) is 0 Å². The quantitative estimate of drug-likeness (QED) is 0.651. The van der Waals surface area contributed by atoms with Crippen molar-refractivity contribution in [2.24, 2.45) is 0 Å². The van der Waals surface area contributed by atoms with E-state index in [2.05, 4.69) is 20.9 Å². The second-order valence-corrected chi connectivity index (χ2v) is 8.07. The van der Waals surface area contributed by atoms with Crippen LogP contribution >= 0.6 is 0 Å². The molecule has 0 saturated carbocycles. The molecule has 31 heavy (non-hydrogen) atoms. The minimum Gasteiger partial charge on any atom is -0.376 e. The molecule has 3 amide bonds. The Labute approximate surface area is 183 Å². The first-order valence-electron chi connectivity index (χ1n) is 11.1. The van der Waals surface area contributed by atoms with E-state index in [-0.39, 0.29) is 18.0 Å². The standard InChI is InChI=1S/C24H30N4O3/c29-23(25-17-20-10-7-15-31-20)21-16-19(11-12-22(21)28-13-5-2-6-14-28)27-24(30)26-18-8-3-1-4-9-18/h1,3-4,8-9,11-12,16,20H,2,5-7,10,13-15,17H2,(H,25,29)(H2,26,27,30)/t20-/m0/s1. The number of carbonyl (C=O) groups excluding carboxylic acids is 2. The lowest BCUT2D eigenvalue weighted by atomic mass is 10.1. The Morgan fingerprint density at radius 3 is 2.45 bits per heavy atom. The molecular weight excluding hydrogens is 392 g/mol. The van der Waals surface area contributed by atoms with E-state index in [9.17, 15) is 9.59 Å². The lowest BCUT2D eigenvalue weighted by Crippen LogP contribution is -2.35. The van der Waals surface area contributed by atoms with Crippen LogP contribution in [-0.4, -0.2) is 44.3 Å². The van der Waals surface area contributed by atoms with Crippen molar-refractivity contribution in [3.8, 4) is 0 Å². The van der Waals surface area contributed by atoms with Gasteiger partial charge in [0.05, 0.1) is 11.7 Å². The van der Waals surface area contributed by atoms with Gasteiger partial charge in [0.15, 0.2) is 0 Å². The zero-order valence-electron chi connectivity index (χ0n) is 17.7. The summed E-state index contributed by atoms with van der Waals surface area (Å²) >= 11 is 0. The number of nitrogens with zero attached hydrogens (tertiary/aromatic N) is 1. The molecule has 3 N–H and O–H groups in total. The molecule has 4 rings (SSSR count). The van der Waals surface area contributed by atoms with Crippen molar-refractivity contribution < 1.29 is 14.3 Å². The zero-order valence-corrected chi connectivity index (χ0v) is 17.7. The van der Waals surface area contributed by atoms with E-state index in [0.29, 0.717) is 23.5 Å². The van der Waals surface area contributed by atoms with E-state index in [1.165, 1.54) is 6.42 Å². The zero-order chi connectivity index (χ0) is 21.5. The molecule has 0 unspecified atom stereocenters. The maximum Gasteiger partial charge on any atom is 0.323 e. The Balaban J connectivity index is 1.49. The second kappa shape index (κ2) is 10.3. The van der Waals surface area contributed by atoms with Crippen LogP contribution in [0.4, 0.5) is 21.9 Å². The first-order chi connectivity index (χ1) is 15.2. The van der Waals surface area contributed by atoms with Crippen LogP contribution in [0.25, 0.3) is 0 Å². The molecule has 7 heteroatoms. The highest BCUT2D eigenvalue weighted by molar-refractivity contribution is 6.04.